The van der Waals surface area contributed by atoms with Crippen LogP contribution in [0, 0.1) is 4.91 Å². The van der Waals surface area contributed by atoms with Crippen LogP contribution >= 0.6 is 11.6 Å². The van der Waals surface area contributed by atoms with E-state index >= 15 is 0 Å². The Hall–Kier alpha value is -3.33. The van der Waals surface area contributed by atoms with Crippen molar-refractivity contribution in [2.24, 2.45) is 0 Å². The van der Waals surface area contributed by atoms with E-state index in [4.69, 9.17) is 16.8 Å². The molecule has 3 aromatic rings. The van der Waals surface area contributed by atoms with Gasteiger partial charge in [0.2, 0.25) is 11.7 Å². The molecule has 0 spiro atoms. The van der Waals surface area contributed by atoms with Gasteiger partial charge in [0.25, 0.3) is 4.92 Å². The van der Waals surface area contributed by atoms with Crippen LogP contribution in [0.1, 0.15) is 0 Å². The van der Waals surface area contributed by atoms with E-state index in [0.717, 1.165) is 4.80 Å². The highest BCUT2D eigenvalue weighted by Gasteiger charge is 2.13. The van der Waals surface area contributed by atoms with Crippen molar-refractivity contribution in [3.8, 4) is 11.4 Å². The van der Waals surface area contributed by atoms with Gasteiger partial charge in [0.1, 0.15) is 6.54 Å². The van der Waals surface area contributed by atoms with Crippen LogP contribution in [0.2, 0.25) is 5.02 Å². The van der Waals surface area contributed by atoms with Gasteiger partial charge >= 0.3 is 5.69 Å². The summed E-state index contributed by atoms with van der Waals surface area (Å²) in [6, 6.07) is 12.7. The highest BCUT2D eigenvalue weighted by molar-refractivity contribution is 6.30. The summed E-state index contributed by atoms with van der Waals surface area (Å²) in [6.07, 6.45) is 0. The lowest BCUT2D eigenvalue weighted by Gasteiger charge is -2.04. The van der Waals surface area contributed by atoms with Crippen molar-refractivity contribution in [1.82, 2.24) is 20.2 Å². The normalized spacial score (nSPS) is 10.4. The van der Waals surface area contributed by atoms with Gasteiger partial charge in [-0.15, -0.1) is 10.2 Å². The topological polar surface area (TPSA) is 113 Å². The van der Waals surface area contributed by atoms with E-state index in [1.54, 1.807) is 36.4 Å². The van der Waals surface area contributed by atoms with Crippen LogP contribution < -0.4 is 5.32 Å². The summed E-state index contributed by atoms with van der Waals surface area (Å²) >= 11 is 5.86. The molecule has 0 saturated heterocycles. The van der Waals surface area contributed by atoms with Crippen molar-refractivity contribution >= 4 is 28.9 Å². The number of carbonyl (C=O) groups excluding carboxylic acids is 1. The lowest BCUT2D eigenvalue weighted by molar-refractivity contribution is -0.729. The van der Waals surface area contributed by atoms with E-state index in [1.807, 2.05) is 0 Å². The van der Waals surface area contributed by atoms with E-state index < -0.39 is 0 Å². The first-order valence-electron chi connectivity index (χ1n) is 7.11. The van der Waals surface area contributed by atoms with E-state index in [0.29, 0.717) is 16.3 Å². The van der Waals surface area contributed by atoms with Crippen LogP contribution in [0.5, 0.6) is 0 Å². The molecule has 0 radical (unpaired) electrons. The van der Waals surface area contributed by atoms with Gasteiger partial charge in [0.15, 0.2) is 0 Å². The molecule has 1 amide bonds. The third-order valence-electron chi connectivity index (χ3n) is 3.19. The number of rotatable bonds is 5. The Balaban J connectivity index is 1.67. The van der Waals surface area contributed by atoms with E-state index in [2.05, 4.69) is 20.7 Å². The number of tetrazole rings is 1. The van der Waals surface area contributed by atoms with Gasteiger partial charge < -0.3 is 5.32 Å². The lowest BCUT2D eigenvalue weighted by atomic mass is 10.2. The first-order chi connectivity index (χ1) is 12.0. The molecule has 0 fully saturated rings. The van der Waals surface area contributed by atoms with Gasteiger partial charge in [0, 0.05) is 28.4 Å². The molecule has 0 atom stereocenters. The number of nitrogens with one attached hydrogen (secondary N) is 1. The van der Waals surface area contributed by atoms with E-state index in [9.17, 15) is 9.70 Å². The molecule has 3 rings (SSSR count). The molecule has 0 saturated carbocycles. The molecular weight excluding hydrogens is 348 g/mol. The van der Waals surface area contributed by atoms with Crippen LogP contribution in [0.3, 0.4) is 0 Å². The van der Waals surface area contributed by atoms with Crippen molar-refractivity contribution in [3.63, 3.8) is 0 Å². The Bertz CT molecular complexity index is 925. The largest absolute Gasteiger partial charge is 0.324 e. The highest BCUT2D eigenvalue weighted by atomic mass is 35.5. The zero-order valence-corrected chi connectivity index (χ0v) is 13.5. The SMILES string of the molecule is O=C(Cn1nnc(-c2ccc([N+](=O)O)cc2)n1)Nc1cccc(Cl)c1. The Kier molecular flexibility index (Phi) is 4.66. The Morgan fingerprint density at radius 2 is 2.00 bits per heavy atom. The molecular formula is C15H12ClN6O3+. The van der Waals surface area contributed by atoms with Gasteiger partial charge in [0.05, 0.1) is 4.91 Å². The van der Waals surface area contributed by atoms with Gasteiger partial charge in [-0.1, -0.05) is 17.7 Å². The van der Waals surface area contributed by atoms with Gasteiger partial charge in [-0.05, 0) is 35.5 Å². The third-order valence-corrected chi connectivity index (χ3v) is 3.43. The number of nitrogens with zero attached hydrogens (tertiary/aromatic N) is 5. The minimum absolute atomic E-state index is 0.0806. The molecule has 1 aromatic heterocycles. The third kappa shape index (κ3) is 4.15. The summed E-state index contributed by atoms with van der Waals surface area (Å²) in [6.45, 7) is -0.122. The fourth-order valence-electron chi connectivity index (χ4n) is 2.06. The molecule has 2 aromatic carbocycles. The van der Waals surface area contributed by atoms with Crippen molar-refractivity contribution in [2.45, 2.75) is 6.54 Å². The fourth-order valence-corrected chi connectivity index (χ4v) is 2.25. The summed E-state index contributed by atoms with van der Waals surface area (Å²) in [4.78, 5) is 23.7. The zero-order chi connectivity index (χ0) is 17.8. The summed E-state index contributed by atoms with van der Waals surface area (Å²) in [5, 5.41) is 23.8. The first kappa shape index (κ1) is 16.5. The maximum atomic E-state index is 12.0. The number of anilines is 1. The van der Waals surface area contributed by atoms with Crippen LogP contribution in [0.25, 0.3) is 11.4 Å². The molecule has 2 N–H and O–H groups in total. The Morgan fingerprint density at radius 3 is 2.68 bits per heavy atom. The first-order valence-corrected chi connectivity index (χ1v) is 7.49. The van der Waals surface area contributed by atoms with Gasteiger partial charge in [-0.25, -0.2) is 5.21 Å². The Labute approximate surface area is 146 Å². The molecule has 0 aliphatic rings. The summed E-state index contributed by atoms with van der Waals surface area (Å²) in [5.74, 6) is -0.0404. The number of aromatic nitrogens is 4. The zero-order valence-electron chi connectivity index (χ0n) is 12.7. The molecule has 25 heavy (non-hydrogen) atoms. The standard InChI is InChI=1S/C15H11ClN6O3/c16-11-2-1-3-12(8-11)17-14(23)9-21-19-15(18-20-21)10-4-6-13(7-5-10)22(24)25/h1-8H,9H2,(H-,17,23,24,25)/p+1. The predicted molar refractivity (Wildman–Crippen MR) is 88.4 cm³/mol. The van der Waals surface area contributed by atoms with Crippen molar-refractivity contribution in [3.05, 3.63) is 58.5 Å². The van der Waals surface area contributed by atoms with Crippen molar-refractivity contribution < 1.29 is 14.9 Å². The quantitative estimate of drug-likeness (QED) is 0.676. The molecule has 0 bridgehead atoms. The molecule has 0 unspecified atom stereocenters. The number of carbonyl (C=O) groups is 1. The lowest BCUT2D eigenvalue weighted by Crippen LogP contribution is -2.20. The maximum absolute atomic E-state index is 12.0. The number of hydrogen-bond acceptors (Lipinski definition) is 5. The highest BCUT2D eigenvalue weighted by Crippen LogP contribution is 2.18. The summed E-state index contributed by atoms with van der Waals surface area (Å²) in [7, 11) is 0. The maximum Gasteiger partial charge on any atom is 0.316 e. The van der Waals surface area contributed by atoms with Crippen LogP contribution in [-0.4, -0.2) is 36.2 Å². The number of hydrogen-bond donors (Lipinski definition) is 2. The molecule has 10 heteroatoms. The van der Waals surface area contributed by atoms with Crippen LogP contribution in [0.15, 0.2) is 48.5 Å². The summed E-state index contributed by atoms with van der Waals surface area (Å²) < 4.78 is 0. The second-order valence-corrected chi connectivity index (χ2v) is 5.46. The molecule has 0 aliphatic carbocycles. The Morgan fingerprint density at radius 1 is 1.24 bits per heavy atom. The second kappa shape index (κ2) is 7.05. The number of benzene rings is 2. The molecule has 126 valence electrons. The monoisotopic (exact) mass is 359 g/mol. The molecule has 9 nitrogen and oxygen atoms in total. The van der Waals surface area contributed by atoms with E-state index in [-0.39, 0.29) is 28.9 Å². The van der Waals surface area contributed by atoms with Gasteiger partial charge in [-0.3, -0.25) is 4.79 Å². The smallest absolute Gasteiger partial charge is 0.316 e. The number of amides is 1. The minimum Gasteiger partial charge on any atom is -0.324 e. The summed E-state index contributed by atoms with van der Waals surface area (Å²) in [5.41, 5.74) is 1.24. The van der Waals surface area contributed by atoms with Crippen LogP contribution in [0.4, 0.5) is 11.4 Å². The van der Waals surface area contributed by atoms with Crippen molar-refractivity contribution in [1.29, 1.82) is 0 Å². The average molecular weight is 360 g/mol. The van der Waals surface area contributed by atoms with E-state index in [1.165, 1.54) is 12.1 Å². The van der Waals surface area contributed by atoms with Crippen molar-refractivity contribution in [2.75, 3.05) is 5.32 Å². The average Bonchev–Trinajstić information content (AvgIpc) is 3.03. The van der Waals surface area contributed by atoms with Crippen LogP contribution in [-0.2, 0) is 11.3 Å². The second-order valence-electron chi connectivity index (χ2n) is 5.02. The fraction of sp³-hybridized carbons (Fsp3) is 0.0667. The minimum atomic E-state index is -0.330. The molecule has 0 aliphatic heterocycles. The predicted octanol–water partition coefficient (Wildman–Crippen LogP) is 2.43. The number of halogens is 1. The molecule has 1 heterocycles. The van der Waals surface area contributed by atoms with Gasteiger partial charge in [-0.2, -0.15) is 4.80 Å².